The van der Waals surface area contributed by atoms with Crippen LogP contribution < -0.4 is 11.1 Å². The molecule has 148 valence electrons. The average Bonchev–Trinajstić information content (AvgIpc) is 2.50. The van der Waals surface area contributed by atoms with E-state index in [0.717, 1.165) is 0 Å². The molecule has 0 spiro atoms. The number of carbonyl (C=O) groups excluding carboxylic acids is 1. The Kier molecular flexibility index (Phi) is 6.36. The van der Waals surface area contributed by atoms with Crippen molar-refractivity contribution in [1.29, 1.82) is 0 Å². The summed E-state index contributed by atoms with van der Waals surface area (Å²) < 4.78 is 82.7. The van der Waals surface area contributed by atoms with Gasteiger partial charge in [0.25, 0.3) is 0 Å². The van der Waals surface area contributed by atoms with E-state index in [0.29, 0.717) is 12.1 Å². The summed E-state index contributed by atoms with van der Waals surface area (Å²) in [6.45, 7) is 4.07. The van der Waals surface area contributed by atoms with Crippen molar-refractivity contribution in [3.8, 4) is 0 Å². The van der Waals surface area contributed by atoms with Crippen LogP contribution in [-0.2, 0) is 27.4 Å². The minimum absolute atomic E-state index is 0.0279. The molecule has 0 aliphatic rings. The Bertz CT molecular complexity index is 623. The first-order valence-corrected chi connectivity index (χ1v) is 7.50. The fraction of sp³-hybridized carbons (Fsp3) is 0.562. The molecule has 3 N–H and O–H groups in total. The molecule has 0 aromatic heterocycles. The molecule has 1 amide bonds. The maximum Gasteiger partial charge on any atom is 0.416 e. The van der Waals surface area contributed by atoms with Crippen molar-refractivity contribution < 1.29 is 35.9 Å². The van der Waals surface area contributed by atoms with Crippen LogP contribution in [0, 0.1) is 0 Å². The molecule has 2 atom stereocenters. The number of nitrogens with one attached hydrogen (secondary N) is 1. The highest BCUT2D eigenvalue weighted by Crippen LogP contribution is 2.38. The zero-order valence-corrected chi connectivity index (χ0v) is 14.5. The molecule has 0 fully saturated rings. The number of rotatable bonds is 5. The van der Waals surface area contributed by atoms with E-state index < -0.39 is 47.1 Å². The van der Waals surface area contributed by atoms with Gasteiger partial charge in [0.05, 0.1) is 22.8 Å². The number of carbonyl (C=O) groups is 1. The molecule has 10 heteroatoms. The van der Waals surface area contributed by atoms with Gasteiger partial charge in [-0.1, -0.05) is 0 Å². The van der Waals surface area contributed by atoms with Crippen molar-refractivity contribution >= 4 is 5.91 Å². The molecular formula is C16H20F6N2O2. The number of halogens is 6. The summed E-state index contributed by atoms with van der Waals surface area (Å²) in [6, 6.07) is 0.0222. The lowest BCUT2D eigenvalue weighted by molar-refractivity contribution is -0.143. The van der Waals surface area contributed by atoms with E-state index in [1.807, 2.05) is 0 Å². The van der Waals surface area contributed by atoms with E-state index in [4.69, 9.17) is 10.5 Å². The fourth-order valence-corrected chi connectivity index (χ4v) is 2.14. The van der Waals surface area contributed by atoms with Crippen molar-refractivity contribution in [2.24, 2.45) is 5.73 Å². The third-order valence-electron chi connectivity index (χ3n) is 3.93. The molecule has 0 saturated heterocycles. The van der Waals surface area contributed by atoms with Crippen molar-refractivity contribution in [2.45, 2.75) is 50.8 Å². The Hall–Kier alpha value is -1.81. The smallest absolute Gasteiger partial charge is 0.380 e. The van der Waals surface area contributed by atoms with Crippen molar-refractivity contribution in [3.05, 3.63) is 34.9 Å². The lowest BCUT2D eigenvalue weighted by Gasteiger charge is -2.30. The SMILES string of the molecule is CO[C@@H](C)[C@@H](N)C(=O)NC(C)(C)c1cc(C(F)(F)F)cc(C(F)(F)F)c1. The zero-order chi connectivity index (χ0) is 20.5. The number of benzene rings is 1. The Morgan fingerprint density at radius 2 is 1.38 bits per heavy atom. The van der Waals surface area contributed by atoms with Gasteiger partial charge in [0.15, 0.2) is 0 Å². The molecule has 1 rings (SSSR count). The summed E-state index contributed by atoms with van der Waals surface area (Å²) in [4.78, 5) is 12.1. The van der Waals surface area contributed by atoms with Crippen molar-refractivity contribution in [3.63, 3.8) is 0 Å². The number of hydrogen-bond donors (Lipinski definition) is 2. The molecule has 4 nitrogen and oxygen atoms in total. The highest BCUT2D eigenvalue weighted by Gasteiger charge is 2.39. The highest BCUT2D eigenvalue weighted by molar-refractivity contribution is 5.83. The van der Waals surface area contributed by atoms with Gasteiger partial charge >= 0.3 is 12.4 Å². The van der Waals surface area contributed by atoms with Crippen molar-refractivity contribution in [1.82, 2.24) is 5.32 Å². The molecule has 0 radical (unpaired) electrons. The van der Waals surface area contributed by atoms with E-state index in [2.05, 4.69) is 5.32 Å². The number of alkyl halides is 6. The van der Waals surface area contributed by atoms with Gasteiger partial charge < -0.3 is 15.8 Å². The van der Waals surface area contributed by atoms with Gasteiger partial charge in [0.1, 0.15) is 6.04 Å². The van der Waals surface area contributed by atoms with E-state index in [1.54, 1.807) is 0 Å². The van der Waals surface area contributed by atoms with Gasteiger partial charge in [-0.25, -0.2) is 0 Å². The molecule has 0 saturated carbocycles. The second-order valence-electron chi connectivity index (χ2n) is 6.38. The van der Waals surface area contributed by atoms with Gasteiger partial charge in [-0.15, -0.1) is 0 Å². The van der Waals surface area contributed by atoms with Crippen LogP contribution in [0.15, 0.2) is 18.2 Å². The predicted molar refractivity (Wildman–Crippen MR) is 82.1 cm³/mol. The first-order valence-electron chi connectivity index (χ1n) is 7.50. The summed E-state index contributed by atoms with van der Waals surface area (Å²) in [5.41, 5.74) is 0.845. The largest absolute Gasteiger partial charge is 0.416 e. The minimum atomic E-state index is -4.98. The topological polar surface area (TPSA) is 64.3 Å². The van der Waals surface area contributed by atoms with E-state index in [1.165, 1.54) is 27.9 Å². The second kappa shape index (κ2) is 7.43. The fourth-order valence-electron chi connectivity index (χ4n) is 2.14. The van der Waals surface area contributed by atoms with Crippen LogP contribution >= 0.6 is 0 Å². The minimum Gasteiger partial charge on any atom is -0.380 e. The number of amides is 1. The van der Waals surface area contributed by atoms with Crippen LogP contribution in [0.1, 0.15) is 37.5 Å². The Labute approximate surface area is 146 Å². The van der Waals surface area contributed by atoms with Crippen LogP contribution in [-0.4, -0.2) is 25.2 Å². The third-order valence-corrected chi connectivity index (χ3v) is 3.93. The standard InChI is InChI=1S/C16H20F6N2O2/c1-8(26-4)12(23)13(25)24-14(2,3)9-5-10(15(17,18)19)7-11(6-9)16(20,21)22/h5-8,12H,23H2,1-4H3,(H,24,25)/t8-,12+/m0/s1. The second-order valence-corrected chi connectivity index (χ2v) is 6.38. The number of ether oxygens (including phenoxy) is 1. The molecular weight excluding hydrogens is 366 g/mol. The van der Waals surface area contributed by atoms with Gasteiger partial charge in [-0.05, 0) is 44.5 Å². The Morgan fingerprint density at radius 3 is 1.73 bits per heavy atom. The van der Waals surface area contributed by atoms with Crippen molar-refractivity contribution in [2.75, 3.05) is 7.11 Å². The normalized spacial score (nSPS) is 15.5. The summed E-state index contributed by atoms with van der Waals surface area (Å²) in [5.74, 6) is -0.768. The van der Waals surface area contributed by atoms with Crippen LogP contribution in [0.3, 0.4) is 0 Å². The van der Waals surface area contributed by atoms with E-state index >= 15 is 0 Å². The average molecular weight is 386 g/mol. The van der Waals surface area contributed by atoms with Gasteiger partial charge in [0, 0.05) is 7.11 Å². The lowest BCUT2D eigenvalue weighted by atomic mass is 9.90. The summed E-state index contributed by atoms with van der Waals surface area (Å²) >= 11 is 0. The highest BCUT2D eigenvalue weighted by atomic mass is 19.4. The third kappa shape index (κ3) is 5.34. The van der Waals surface area contributed by atoms with Gasteiger partial charge in [-0.3, -0.25) is 4.79 Å². The maximum atomic E-state index is 13.0. The van der Waals surface area contributed by atoms with Crippen LogP contribution in [0.25, 0.3) is 0 Å². The predicted octanol–water partition coefficient (Wildman–Crippen LogP) is 3.44. The van der Waals surface area contributed by atoms with Crippen LogP contribution in [0.5, 0.6) is 0 Å². The quantitative estimate of drug-likeness (QED) is 0.762. The first-order chi connectivity index (χ1) is 11.6. The summed E-state index contributed by atoms with van der Waals surface area (Å²) in [5, 5.41) is 2.37. The molecule has 1 aromatic rings. The van der Waals surface area contributed by atoms with E-state index in [9.17, 15) is 31.1 Å². The summed E-state index contributed by atoms with van der Waals surface area (Å²) in [6.07, 6.45) is -10.6. The molecule has 1 aromatic carbocycles. The number of nitrogens with two attached hydrogens (primary N) is 1. The Balaban J connectivity index is 3.32. The van der Waals surface area contributed by atoms with E-state index in [-0.39, 0.29) is 11.6 Å². The first kappa shape index (κ1) is 22.2. The molecule has 0 aliphatic heterocycles. The maximum absolute atomic E-state index is 13.0. The molecule has 0 bridgehead atoms. The molecule has 0 heterocycles. The summed E-state index contributed by atoms with van der Waals surface area (Å²) in [7, 11) is 1.31. The molecule has 0 unspecified atom stereocenters. The monoisotopic (exact) mass is 386 g/mol. The van der Waals surface area contributed by atoms with Crippen LogP contribution in [0.4, 0.5) is 26.3 Å². The number of hydrogen-bond acceptors (Lipinski definition) is 3. The molecule has 26 heavy (non-hydrogen) atoms. The number of methoxy groups -OCH3 is 1. The lowest BCUT2D eigenvalue weighted by Crippen LogP contribution is -2.53. The van der Waals surface area contributed by atoms with Gasteiger partial charge in [-0.2, -0.15) is 26.3 Å². The zero-order valence-electron chi connectivity index (χ0n) is 14.5. The van der Waals surface area contributed by atoms with Gasteiger partial charge in [0.2, 0.25) is 5.91 Å². The molecule has 0 aliphatic carbocycles. The Morgan fingerprint density at radius 1 is 1.00 bits per heavy atom. The van der Waals surface area contributed by atoms with Crippen LogP contribution in [0.2, 0.25) is 0 Å².